The zero-order valence-corrected chi connectivity index (χ0v) is 16.0. The largest absolute Gasteiger partial charge is 0.481 e. The minimum Gasteiger partial charge on any atom is -0.481 e. The lowest BCUT2D eigenvalue weighted by atomic mass is 10.0. The average Bonchev–Trinajstić information content (AvgIpc) is 2.58. The number of carbonyl (C=O) groups is 1. The summed E-state index contributed by atoms with van der Waals surface area (Å²) in [6.45, 7) is 12.3. The maximum atomic E-state index is 12.4. The van der Waals surface area contributed by atoms with Gasteiger partial charge >= 0.3 is 0 Å². The number of carbonyl (C=O) groups excluding carboxylic acids is 1. The zero-order valence-electron chi connectivity index (χ0n) is 16.0. The van der Waals surface area contributed by atoms with Crippen LogP contribution in [0.1, 0.15) is 32.8 Å². The van der Waals surface area contributed by atoms with Crippen LogP contribution in [0.3, 0.4) is 0 Å². The number of nitrogens with one attached hydrogen (secondary N) is 1. The Balaban J connectivity index is 1.86. The van der Waals surface area contributed by atoms with Crippen molar-refractivity contribution in [2.75, 3.05) is 32.8 Å². The van der Waals surface area contributed by atoms with Gasteiger partial charge in [0.25, 0.3) is 5.91 Å². The van der Waals surface area contributed by atoms with Gasteiger partial charge in [0.1, 0.15) is 5.75 Å². The fourth-order valence-electron chi connectivity index (χ4n) is 3.16. The Hall–Kier alpha value is -1.59. The van der Waals surface area contributed by atoms with E-state index in [9.17, 15) is 4.79 Å². The van der Waals surface area contributed by atoms with E-state index in [0.29, 0.717) is 18.5 Å². The Morgan fingerprint density at radius 3 is 2.64 bits per heavy atom. The first kappa shape index (κ1) is 19.7. The quantitative estimate of drug-likeness (QED) is 0.785. The van der Waals surface area contributed by atoms with Gasteiger partial charge in [-0.15, -0.1) is 0 Å². The van der Waals surface area contributed by atoms with Gasteiger partial charge in [-0.2, -0.15) is 0 Å². The summed E-state index contributed by atoms with van der Waals surface area (Å²) >= 11 is 0. The van der Waals surface area contributed by atoms with Gasteiger partial charge in [0.15, 0.2) is 6.10 Å². The number of ether oxygens (including phenoxy) is 2. The SMILES string of the molecule is Cc1cccc(OC(C)C(=O)NCC(CC(C)C)N2CCOCC2)c1. The third kappa shape index (κ3) is 6.67. The highest BCUT2D eigenvalue weighted by atomic mass is 16.5. The van der Waals surface area contributed by atoms with Crippen molar-refractivity contribution in [1.82, 2.24) is 10.2 Å². The number of rotatable bonds is 8. The zero-order chi connectivity index (χ0) is 18.2. The summed E-state index contributed by atoms with van der Waals surface area (Å²) in [6, 6.07) is 8.12. The molecular formula is C20H32N2O3. The molecule has 2 atom stereocenters. The molecule has 140 valence electrons. The molecule has 0 radical (unpaired) electrons. The molecular weight excluding hydrogens is 316 g/mol. The molecule has 1 saturated heterocycles. The number of hydrogen-bond acceptors (Lipinski definition) is 4. The molecule has 5 nitrogen and oxygen atoms in total. The van der Waals surface area contributed by atoms with Crippen LogP contribution in [-0.2, 0) is 9.53 Å². The van der Waals surface area contributed by atoms with Crippen molar-refractivity contribution in [3.63, 3.8) is 0 Å². The normalized spacial score (nSPS) is 18.0. The number of amides is 1. The molecule has 1 aliphatic rings. The van der Waals surface area contributed by atoms with Crippen molar-refractivity contribution < 1.29 is 14.3 Å². The number of benzene rings is 1. The molecule has 1 amide bonds. The molecule has 1 aromatic rings. The summed E-state index contributed by atoms with van der Waals surface area (Å²) in [6.07, 6.45) is 0.555. The van der Waals surface area contributed by atoms with Crippen LogP contribution in [0.25, 0.3) is 0 Å². The maximum Gasteiger partial charge on any atom is 0.260 e. The molecule has 0 aromatic heterocycles. The Bertz CT molecular complexity index is 541. The molecule has 2 unspecified atom stereocenters. The second-order valence-electron chi connectivity index (χ2n) is 7.25. The van der Waals surface area contributed by atoms with E-state index in [2.05, 4.69) is 24.1 Å². The first-order valence-corrected chi connectivity index (χ1v) is 9.28. The molecule has 1 aromatic carbocycles. The fourth-order valence-corrected chi connectivity index (χ4v) is 3.16. The maximum absolute atomic E-state index is 12.4. The van der Waals surface area contributed by atoms with Crippen LogP contribution < -0.4 is 10.1 Å². The van der Waals surface area contributed by atoms with Gasteiger partial charge < -0.3 is 14.8 Å². The van der Waals surface area contributed by atoms with Crippen LogP contribution in [0.5, 0.6) is 5.75 Å². The van der Waals surface area contributed by atoms with Gasteiger partial charge in [-0.25, -0.2) is 0 Å². The molecule has 1 N–H and O–H groups in total. The van der Waals surface area contributed by atoms with E-state index in [-0.39, 0.29) is 5.91 Å². The van der Waals surface area contributed by atoms with Crippen molar-refractivity contribution in [2.24, 2.45) is 5.92 Å². The Morgan fingerprint density at radius 2 is 2.00 bits per heavy atom. The topological polar surface area (TPSA) is 50.8 Å². The van der Waals surface area contributed by atoms with Crippen LogP contribution >= 0.6 is 0 Å². The van der Waals surface area contributed by atoms with E-state index < -0.39 is 6.10 Å². The van der Waals surface area contributed by atoms with E-state index in [1.165, 1.54) is 0 Å². The minimum absolute atomic E-state index is 0.0662. The van der Waals surface area contributed by atoms with E-state index in [0.717, 1.165) is 44.0 Å². The summed E-state index contributed by atoms with van der Waals surface area (Å²) in [4.78, 5) is 14.9. The van der Waals surface area contributed by atoms with Crippen LogP contribution in [0.15, 0.2) is 24.3 Å². The van der Waals surface area contributed by atoms with Gasteiger partial charge in [-0.05, 0) is 43.9 Å². The summed E-state index contributed by atoms with van der Waals surface area (Å²) in [7, 11) is 0. The van der Waals surface area contributed by atoms with E-state index >= 15 is 0 Å². The monoisotopic (exact) mass is 348 g/mol. The smallest absolute Gasteiger partial charge is 0.260 e. The van der Waals surface area contributed by atoms with Gasteiger partial charge in [0.05, 0.1) is 13.2 Å². The number of morpholine rings is 1. The van der Waals surface area contributed by atoms with E-state index in [4.69, 9.17) is 9.47 Å². The standard InChI is InChI=1S/C20H32N2O3/c1-15(2)12-18(22-8-10-24-11-9-22)14-21-20(23)17(4)25-19-7-5-6-16(3)13-19/h5-7,13,15,17-18H,8-12,14H2,1-4H3,(H,21,23). The molecule has 25 heavy (non-hydrogen) atoms. The Labute approximate surface area is 151 Å². The molecule has 1 heterocycles. The third-order valence-electron chi connectivity index (χ3n) is 4.49. The van der Waals surface area contributed by atoms with E-state index in [1.54, 1.807) is 6.92 Å². The average molecular weight is 348 g/mol. The first-order chi connectivity index (χ1) is 12.0. The summed E-state index contributed by atoms with van der Waals surface area (Å²) < 4.78 is 11.2. The van der Waals surface area contributed by atoms with E-state index in [1.807, 2.05) is 31.2 Å². The summed E-state index contributed by atoms with van der Waals surface area (Å²) in [5, 5.41) is 3.07. The minimum atomic E-state index is -0.508. The molecule has 0 spiro atoms. The predicted octanol–water partition coefficient (Wildman–Crippen LogP) is 2.63. The second kappa shape index (κ2) is 9.78. The van der Waals surface area contributed by atoms with Crippen molar-refractivity contribution >= 4 is 5.91 Å². The molecule has 0 saturated carbocycles. The molecule has 5 heteroatoms. The van der Waals surface area contributed by atoms with Crippen molar-refractivity contribution in [2.45, 2.75) is 46.3 Å². The lowest BCUT2D eigenvalue weighted by Crippen LogP contribution is -2.50. The number of hydrogen-bond donors (Lipinski definition) is 1. The van der Waals surface area contributed by atoms with Crippen LogP contribution in [0, 0.1) is 12.8 Å². The first-order valence-electron chi connectivity index (χ1n) is 9.28. The van der Waals surface area contributed by atoms with Gasteiger partial charge in [0.2, 0.25) is 0 Å². The van der Waals surface area contributed by atoms with Crippen molar-refractivity contribution in [3.05, 3.63) is 29.8 Å². The molecule has 0 bridgehead atoms. The molecule has 2 rings (SSSR count). The van der Waals surface area contributed by atoms with Gasteiger partial charge in [0, 0.05) is 25.7 Å². The molecule has 0 aliphatic carbocycles. The highest BCUT2D eigenvalue weighted by Gasteiger charge is 2.23. The molecule has 1 fully saturated rings. The summed E-state index contributed by atoms with van der Waals surface area (Å²) in [5.41, 5.74) is 1.12. The lowest BCUT2D eigenvalue weighted by molar-refractivity contribution is -0.127. The lowest BCUT2D eigenvalue weighted by Gasteiger charge is -2.35. The van der Waals surface area contributed by atoms with Crippen molar-refractivity contribution in [1.29, 1.82) is 0 Å². The van der Waals surface area contributed by atoms with Gasteiger partial charge in [-0.3, -0.25) is 9.69 Å². The Morgan fingerprint density at radius 1 is 1.28 bits per heavy atom. The highest BCUT2D eigenvalue weighted by molar-refractivity contribution is 5.80. The van der Waals surface area contributed by atoms with Crippen LogP contribution in [0.2, 0.25) is 0 Å². The van der Waals surface area contributed by atoms with Gasteiger partial charge in [-0.1, -0.05) is 26.0 Å². The molecule has 1 aliphatic heterocycles. The fraction of sp³-hybridized carbons (Fsp3) is 0.650. The number of aryl methyl sites for hydroxylation is 1. The Kier molecular flexibility index (Phi) is 7.72. The second-order valence-corrected chi connectivity index (χ2v) is 7.25. The third-order valence-corrected chi connectivity index (χ3v) is 4.49. The summed E-state index contributed by atoms with van der Waals surface area (Å²) in [5.74, 6) is 1.25. The predicted molar refractivity (Wildman–Crippen MR) is 99.9 cm³/mol. The number of nitrogens with zero attached hydrogens (tertiary/aromatic N) is 1. The van der Waals surface area contributed by atoms with Crippen LogP contribution in [0.4, 0.5) is 0 Å². The van der Waals surface area contributed by atoms with Crippen molar-refractivity contribution in [3.8, 4) is 5.75 Å². The highest BCUT2D eigenvalue weighted by Crippen LogP contribution is 2.15. The van der Waals surface area contributed by atoms with Crippen LogP contribution in [-0.4, -0.2) is 55.8 Å².